The van der Waals surface area contributed by atoms with Crippen molar-refractivity contribution in [2.45, 2.75) is 53.4 Å². The van der Waals surface area contributed by atoms with E-state index >= 15 is 0 Å². The second kappa shape index (κ2) is 9.98. The molecule has 30 heavy (non-hydrogen) atoms. The normalized spacial score (nSPS) is 17.0. The minimum atomic E-state index is 0.215. The van der Waals surface area contributed by atoms with Crippen molar-refractivity contribution in [3.63, 3.8) is 0 Å². The molecule has 1 aliphatic rings. The topological polar surface area (TPSA) is 74.2 Å². The molecule has 0 spiro atoms. The van der Waals surface area contributed by atoms with E-state index in [-0.39, 0.29) is 5.91 Å². The lowest BCUT2D eigenvalue weighted by Gasteiger charge is -2.33. The summed E-state index contributed by atoms with van der Waals surface area (Å²) in [6.07, 6.45) is 2.17. The Morgan fingerprint density at radius 3 is 2.40 bits per heavy atom. The molecule has 0 unspecified atom stereocenters. The van der Waals surface area contributed by atoms with Crippen molar-refractivity contribution in [3.8, 4) is 0 Å². The summed E-state index contributed by atoms with van der Waals surface area (Å²) in [6.45, 7) is 13.9. The van der Waals surface area contributed by atoms with Gasteiger partial charge >= 0.3 is 0 Å². The van der Waals surface area contributed by atoms with E-state index in [9.17, 15) is 4.79 Å². The summed E-state index contributed by atoms with van der Waals surface area (Å²) < 4.78 is 0. The maximum absolute atomic E-state index is 12.5. The average Bonchev–Trinajstić information content (AvgIpc) is 2.68. The number of likely N-dealkylation sites (N-methyl/N-ethyl adjacent to an activating group) is 1. The molecule has 7 heteroatoms. The minimum absolute atomic E-state index is 0.215. The molecular weight excluding hydrogens is 376 g/mol. The van der Waals surface area contributed by atoms with Crippen LogP contribution in [0.1, 0.15) is 55.4 Å². The van der Waals surface area contributed by atoms with Crippen LogP contribution < -0.4 is 5.32 Å². The molecule has 1 N–H and O–H groups in total. The molecular formula is C23H34N6O. The maximum atomic E-state index is 12.5. The fraction of sp³-hybridized carbons (Fsp3) is 0.565. The van der Waals surface area contributed by atoms with E-state index < -0.39 is 0 Å². The maximum Gasteiger partial charge on any atom is 0.236 e. The Hall–Kier alpha value is -2.54. The van der Waals surface area contributed by atoms with Gasteiger partial charge in [-0.1, -0.05) is 0 Å². The molecule has 1 fully saturated rings. The third kappa shape index (κ3) is 5.75. The van der Waals surface area contributed by atoms with Crippen molar-refractivity contribution < 1.29 is 4.79 Å². The van der Waals surface area contributed by atoms with Gasteiger partial charge in [-0.15, -0.1) is 0 Å². The Bertz CT molecular complexity index is 860. The highest BCUT2D eigenvalue weighted by Gasteiger charge is 2.25. The molecule has 2 aromatic heterocycles. The predicted molar refractivity (Wildman–Crippen MR) is 120 cm³/mol. The zero-order valence-corrected chi connectivity index (χ0v) is 18.9. The molecule has 1 atom stereocenters. The SMILES string of the molecule is CCN(CC)C(=O)CN1CCC[C@@H](c2cc(Nc3nc(C)cc(C)n3)cc(C)n2)C1. The first-order chi connectivity index (χ1) is 14.4. The van der Waals surface area contributed by atoms with Crippen molar-refractivity contribution in [2.75, 3.05) is 38.0 Å². The van der Waals surface area contributed by atoms with Crippen molar-refractivity contribution in [1.82, 2.24) is 24.8 Å². The number of aromatic nitrogens is 3. The molecule has 3 heterocycles. The van der Waals surface area contributed by atoms with Gasteiger partial charge in [0.15, 0.2) is 0 Å². The van der Waals surface area contributed by atoms with Crippen LogP contribution in [0.2, 0.25) is 0 Å². The predicted octanol–water partition coefficient (Wildman–Crippen LogP) is 3.59. The Morgan fingerprint density at radius 2 is 1.73 bits per heavy atom. The number of likely N-dealkylation sites (tertiary alicyclic amines) is 1. The average molecular weight is 411 g/mol. The first kappa shape index (κ1) is 22.2. The number of carbonyl (C=O) groups is 1. The molecule has 1 amide bonds. The summed E-state index contributed by atoms with van der Waals surface area (Å²) in [7, 11) is 0. The van der Waals surface area contributed by atoms with Crippen LogP contribution in [0, 0.1) is 20.8 Å². The summed E-state index contributed by atoms with van der Waals surface area (Å²) >= 11 is 0. The molecule has 0 aromatic carbocycles. The highest BCUT2D eigenvalue weighted by atomic mass is 16.2. The highest BCUT2D eigenvalue weighted by molar-refractivity contribution is 5.78. The molecule has 2 aromatic rings. The number of pyridine rings is 1. The Kier molecular flexibility index (Phi) is 7.37. The van der Waals surface area contributed by atoms with Crippen LogP contribution >= 0.6 is 0 Å². The van der Waals surface area contributed by atoms with Gasteiger partial charge in [-0.05, 0) is 72.2 Å². The molecule has 0 saturated carbocycles. The zero-order valence-electron chi connectivity index (χ0n) is 18.9. The van der Waals surface area contributed by atoms with E-state index in [1.807, 2.05) is 51.7 Å². The lowest BCUT2D eigenvalue weighted by atomic mass is 9.93. The number of nitrogens with one attached hydrogen (secondary N) is 1. The molecule has 0 bridgehead atoms. The molecule has 1 aliphatic heterocycles. The van der Waals surface area contributed by atoms with E-state index in [0.29, 0.717) is 18.4 Å². The molecule has 162 valence electrons. The second-order valence-corrected chi connectivity index (χ2v) is 8.16. The van der Waals surface area contributed by atoms with Crippen LogP contribution in [0.3, 0.4) is 0 Å². The number of carbonyl (C=O) groups excluding carboxylic acids is 1. The van der Waals surface area contributed by atoms with Crippen LogP contribution in [0.5, 0.6) is 0 Å². The van der Waals surface area contributed by atoms with Crippen molar-refractivity contribution in [2.24, 2.45) is 0 Å². The van der Waals surface area contributed by atoms with Crippen molar-refractivity contribution >= 4 is 17.5 Å². The largest absolute Gasteiger partial charge is 0.342 e. The smallest absolute Gasteiger partial charge is 0.236 e. The third-order valence-corrected chi connectivity index (χ3v) is 5.61. The van der Waals surface area contributed by atoms with Gasteiger partial charge in [-0.25, -0.2) is 9.97 Å². The molecule has 0 aliphatic carbocycles. The number of rotatable bonds is 7. The number of piperidine rings is 1. The first-order valence-electron chi connectivity index (χ1n) is 11.0. The van der Waals surface area contributed by atoms with Gasteiger partial charge in [0.1, 0.15) is 0 Å². The minimum Gasteiger partial charge on any atom is -0.342 e. The van der Waals surface area contributed by atoms with Gasteiger partial charge in [0.2, 0.25) is 11.9 Å². The van der Waals surface area contributed by atoms with E-state index in [1.165, 1.54) is 0 Å². The summed E-state index contributed by atoms with van der Waals surface area (Å²) in [4.78, 5) is 30.5. The standard InChI is InChI=1S/C23H34N6O/c1-6-29(7-2)22(30)15-28-10-8-9-19(14-28)21-13-20(12-18(5)24-21)27-23-25-16(3)11-17(4)26-23/h11-13,19H,6-10,14-15H2,1-5H3,(H,24,25,26,27)/t19-/m1/s1. The van der Waals surface area contributed by atoms with Crippen LogP contribution in [0.25, 0.3) is 0 Å². The quantitative estimate of drug-likeness (QED) is 0.752. The fourth-order valence-electron chi connectivity index (χ4n) is 4.19. The van der Waals surface area contributed by atoms with Gasteiger partial charge in [0, 0.05) is 54.0 Å². The molecule has 7 nitrogen and oxygen atoms in total. The zero-order chi connectivity index (χ0) is 21.7. The third-order valence-electron chi connectivity index (χ3n) is 5.61. The van der Waals surface area contributed by atoms with E-state index in [0.717, 1.165) is 67.5 Å². The molecule has 3 rings (SSSR count). The summed E-state index contributed by atoms with van der Waals surface area (Å²) in [6, 6.07) is 6.09. The fourth-order valence-corrected chi connectivity index (χ4v) is 4.19. The number of hydrogen-bond donors (Lipinski definition) is 1. The Balaban J connectivity index is 1.72. The van der Waals surface area contributed by atoms with Gasteiger partial charge in [0.25, 0.3) is 0 Å². The van der Waals surface area contributed by atoms with E-state index in [4.69, 9.17) is 4.98 Å². The van der Waals surface area contributed by atoms with Crippen LogP contribution in [0.4, 0.5) is 11.6 Å². The van der Waals surface area contributed by atoms with Gasteiger partial charge in [0.05, 0.1) is 6.54 Å². The molecule has 0 radical (unpaired) electrons. The number of nitrogens with zero attached hydrogens (tertiary/aromatic N) is 5. The second-order valence-electron chi connectivity index (χ2n) is 8.16. The Morgan fingerprint density at radius 1 is 1.07 bits per heavy atom. The van der Waals surface area contributed by atoms with Crippen molar-refractivity contribution in [1.29, 1.82) is 0 Å². The highest BCUT2D eigenvalue weighted by Crippen LogP contribution is 2.28. The van der Waals surface area contributed by atoms with Crippen molar-refractivity contribution in [3.05, 3.63) is 41.0 Å². The van der Waals surface area contributed by atoms with Gasteiger partial charge < -0.3 is 10.2 Å². The van der Waals surface area contributed by atoms with E-state index in [1.54, 1.807) is 0 Å². The summed E-state index contributed by atoms with van der Waals surface area (Å²) in [5.74, 6) is 1.15. The van der Waals surface area contributed by atoms with Gasteiger partial charge in [-0.2, -0.15) is 0 Å². The van der Waals surface area contributed by atoms with Crippen LogP contribution in [-0.2, 0) is 4.79 Å². The monoisotopic (exact) mass is 410 g/mol. The number of hydrogen-bond acceptors (Lipinski definition) is 6. The van der Waals surface area contributed by atoms with Gasteiger partial charge in [-0.3, -0.25) is 14.7 Å². The first-order valence-corrected chi connectivity index (χ1v) is 11.0. The number of anilines is 2. The van der Waals surface area contributed by atoms with E-state index in [2.05, 4.69) is 26.3 Å². The summed E-state index contributed by atoms with van der Waals surface area (Å²) in [5, 5.41) is 3.34. The Labute approximate surface area is 179 Å². The molecule has 1 saturated heterocycles. The summed E-state index contributed by atoms with van der Waals surface area (Å²) in [5.41, 5.74) is 4.88. The number of aryl methyl sites for hydroxylation is 3. The van der Waals surface area contributed by atoms with Crippen LogP contribution in [-0.4, -0.2) is 63.4 Å². The lowest BCUT2D eigenvalue weighted by Crippen LogP contribution is -2.43. The van der Waals surface area contributed by atoms with Crippen LogP contribution in [0.15, 0.2) is 18.2 Å². The lowest BCUT2D eigenvalue weighted by molar-refractivity contribution is -0.132. The number of amides is 1.